The van der Waals surface area contributed by atoms with Crippen LogP contribution >= 0.6 is 0 Å². The molecule has 1 N–H and O–H groups in total. The number of carbonyl (C=O) groups is 1. The lowest BCUT2D eigenvalue weighted by Crippen LogP contribution is -2.52. The van der Waals surface area contributed by atoms with Crippen molar-refractivity contribution in [1.29, 1.82) is 0 Å². The standard InChI is InChI=1S/C22H22N2O2/c1-15-7-9-16(10-8-15)21-23-20-6-4-3-5-19(20)22(25)24(21)17-11-13-18(26-2)14-12-17/h3-4,6-14,19,21,23H,5H2,1-2H3/t19-,21-/m0/s1. The van der Waals surface area contributed by atoms with Gasteiger partial charge in [0.25, 0.3) is 0 Å². The van der Waals surface area contributed by atoms with Crippen molar-refractivity contribution in [2.75, 3.05) is 12.0 Å². The molecule has 0 saturated carbocycles. The Bertz CT molecular complexity index is 866. The third kappa shape index (κ3) is 2.88. The number of ether oxygens (including phenoxy) is 1. The summed E-state index contributed by atoms with van der Waals surface area (Å²) in [5.74, 6) is 0.748. The van der Waals surface area contributed by atoms with Crippen LogP contribution in [0.5, 0.6) is 5.75 Å². The molecule has 0 radical (unpaired) electrons. The molecule has 0 unspecified atom stereocenters. The summed E-state index contributed by atoms with van der Waals surface area (Å²) in [5.41, 5.74) is 4.12. The number of anilines is 1. The lowest BCUT2D eigenvalue weighted by atomic mass is 9.90. The van der Waals surface area contributed by atoms with E-state index in [-0.39, 0.29) is 18.0 Å². The Balaban J connectivity index is 1.77. The van der Waals surface area contributed by atoms with Gasteiger partial charge < -0.3 is 10.1 Å². The molecule has 2 aliphatic rings. The summed E-state index contributed by atoms with van der Waals surface area (Å²) in [7, 11) is 1.64. The quantitative estimate of drug-likeness (QED) is 0.910. The fourth-order valence-corrected chi connectivity index (χ4v) is 3.53. The van der Waals surface area contributed by atoms with E-state index < -0.39 is 0 Å². The van der Waals surface area contributed by atoms with E-state index in [1.54, 1.807) is 7.11 Å². The van der Waals surface area contributed by atoms with Crippen LogP contribution in [0.1, 0.15) is 23.7 Å². The van der Waals surface area contributed by atoms with Gasteiger partial charge in [-0.3, -0.25) is 9.69 Å². The largest absolute Gasteiger partial charge is 0.497 e. The van der Waals surface area contributed by atoms with E-state index in [9.17, 15) is 4.79 Å². The first-order valence-electron chi connectivity index (χ1n) is 8.84. The molecule has 0 aromatic heterocycles. The molecule has 1 saturated heterocycles. The van der Waals surface area contributed by atoms with Crippen molar-refractivity contribution in [2.24, 2.45) is 5.92 Å². The van der Waals surface area contributed by atoms with Gasteiger partial charge in [0.15, 0.2) is 0 Å². The maximum absolute atomic E-state index is 13.3. The molecule has 26 heavy (non-hydrogen) atoms. The van der Waals surface area contributed by atoms with E-state index in [0.29, 0.717) is 0 Å². The number of hydrogen-bond acceptors (Lipinski definition) is 3. The second-order valence-electron chi connectivity index (χ2n) is 6.70. The topological polar surface area (TPSA) is 41.6 Å². The highest BCUT2D eigenvalue weighted by molar-refractivity contribution is 5.99. The smallest absolute Gasteiger partial charge is 0.238 e. The van der Waals surface area contributed by atoms with Gasteiger partial charge in [0, 0.05) is 11.4 Å². The number of methoxy groups -OCH3 is 1. The monoisotopic (exact) mass is 346 g/mol. The predicted octanol–water partition coefficient (Wildman–Crippen LogP) is 4.10. The van der Waals surface area contributed by atoms with Gasteiger partial charge in [-0.25, -0.2) is 0 Å². The van der Waals surface area contributed by atoms with Gasteiger partial charge in [-0.1, -0.05) is 42.0 Å². The van der Waals surface area contributed by atoms with Crippen molar-refractivity contribution < 1.29 is 9.53 Å². The predicted molar refractivity (Wildman–Crippen MR) is 103 cm³/mol. The molecule has 1 amide bonds. The number of nitrogens with zero attached hydrogens (tertiary/aromatic N) is 1. The van der Waals surface area contributed by atoms with Crippen LogP contribution in [-0.2, 0) is 4.79 Å². The number of hydrogen-bond donors (Lipinski definition) is 1. The normalized spacial score (nSPS) is 21.7. The van der Waals surface area contributed by atoms with Crippen LogP contribution in [0.2, 0.25) is 0 Å². The molecule has 2 aromatic carbocycles. The van der Waals surface area contributed by atoms with Crippen molar-refractivity contribution in [2.45, 2.75) is 19.5 Å². The maximum atomic E-state index is 13.3. The average Bonchev–Trinajstić information content (AvgIpc) is 2.69. The van der Waals surface area contributed by atoms with Crippen molar-refractivity contribution in [3.63, 3.8) is 0 Å². The first-order chi connectivity index (χ1) is 12.7. The molecule has 4 nitrogen and oxygen atoms in total. The number of allylic oxidation sites excluding steroid dienone is 3. The van der Waals surface area contributed by atoms with E-state index in [1.165, 1.54) is 5.56 Å². The summed E-state index contributed by atoms with van der Waals surface area (Å²) in [6.45, 7) is 2.06. The molecule has 1 fully saturated rings. The van der Waals surface area contributed by atoms with Gasteiger partial charge in [0.05, 0.1) is 13.0 Å². The van der Waals surface area contributed by atoms with Crippen molar-refractivity contribution in [3.05, 3.63) is 83.6 Å². The Morgan fingerprint density at radius 2 is 1.81 bits per heavy atom. The fourth-order valence-electron chi connectivity index (χ4n) is 3.53. The molecule has 1 aliphatic carbocycles. The SMILES string of the molecule is COc1ccc(N2C(=O)[C@H]3CC=CC=C3N[C@@H]2c2ccc(C)cc2)cc1. The second-order valence-corrected chi connectivity index (χ2v) is 6.70. The second kappa shape index (κ2) is 6.71. The average molecular weight is 346 g/mol. The van der Waals surface area contributed by atoms with Gasteiger partial charge in [-0.2, -0.15) is 0 Å². The van der Waals surface area contributed by atoms with Crippen LogP contribution < -0.4 is 15.0 Å². The lowest BCUT2D eigenvalue weighted by Gasteiger charge is -2.42. The van der Waals surface area contributed by atoms with Crippen LogP contribution in [-0.4, -0.2) is 13.0 Å². The highest BCUT2D eigenvalue weighted by Crippen LogP contribution is 2.37. The zero-order chi connectivity index (χ0) is 18.1. The molecule has 4 heteroatoms. The minimum absolute atomic E-state index is 0.120. The maximum Gasteiger partial charge on any atom is 0.238 e. The van der Waals surface area contributed by atoms with Gasteiger partial charge in [-0.15, -0.1) is 0 Å². The van der Waals surface area contributed by atoms with E-state index in [0.717, 1.165) is 29.1 Å². The van der Waals surface area contributed by atoms with Crippen molar-refractivity contribution in [3.8, 4) is 5.75 Å². The zero-order valence-electron chi connectivity index (χ0n) is 15.0. The molecule has 4 rings (SSSR count). The molecule has 132 valence electrons. The summed E-state index contributed by atoms with van der Waals surface area (Å²) in [6.07, 6.45) is 6.57. The molecule has 2 aromatic rings. The minimum Gasteiger partial charge on any atom is -0.497 e. The molecular formula is C22H22N2O2. The summed E-state index contributed by atoms with van der Waals surface area (Å²) in [6, 6.07) is 16.0. The number of benzene rings is 2. The highest BCUT2D eigenvalue weighted by Gasteiger charge is 2.39. The van der Waals surface area contributed by atoms with Crippen LogP contribution in [0.25, 0.3) is 0 Å². The van der Waals surface area contributed by atoms with E-state index in [2.05, 4.69) is 36.5 Å². The third-order valence-corrected chi connectivity index (χ3v) is 5.00. The number of fused-ring (bicyclic) bond motifs is 1. The number of rotatable bonds is 3. The molecule has 0 bridgehead atoms. The van der Waals surface area contributed by atoms with Crippen molar-refractivity contribution in [1.82, 2.24) is 5.32 Å². The Hall–Kier alpha value is -3.01. The van der Waals surface area contributed by atoms with Gasteiger partial charge >= 0.3 is 0 Å². The summed E-state index contributed by atoms with van der Waals surface area (Å²) >= 11 is 0. The summed E-state index contributed by atoms with van der Waals surface area (Å²) in [5, 5.41) is 3.58. The molecule has 1 aliphatic heterocycles. The first-order valence-corrected chi connectivity index (χ1v) is 8.84. The van der Waals surface area contributed by atoms with E-state index in [1.807, 2.05) is 47.4 Å². The van der Waals surface area contributed by atoms with Gasteiger partial charge in [-0.05, 0) is 49.2 Å². The molecule has 0 spiro atoms. The number of carbonyl (C=O) groups excluding carboxylic acids is 1. The highest BCUT2D eigenvalue weighted by atomic mass is 16.5. The number of nitrogens with one attached hydrogen (secondary N) is 1. The van der Waals surface area contributed by atoms with Crippen LogP contribution in [0, 0.1) is 12.8 Å². The third-order valence-electron chi connectivity index (χ3n) is 5.00. The Labute approximate surface area is 153 Å². The molecule has 1 heterocycles. The Kier molecular flexibility index (Phi) is 4.25. The fraction of sp³-hybridized carbons (Fsp3) is 0.227. The molecular weight excluding hydrogens is 324 g/mol. The zero-order valence-corrected chi connectivity index (χ0v) is 15.0. The van der Waals surface area contributed by atoms with Crippen LogP contribution in [0.15, 0.2) is 72.5 Å². The van der Waals surface area contributed by atoms with E-state index >= 15 is 0 Å². The number of amides is 1. The van der Waals surface area contributed by atoms with Crippen LogP contribution in [0.3, 0.4) is 0 Å². The van der Waals surface area contributed by atoms with Gasteiger partial charge in [0.1, 0.15) is 11.9 Å². The Morgan fingerprint density at radius 3 is 2.50 bits per heavy atom. The molecule has 2 atom stereocenters. The Morgan fingerprint density at radius 1 is 1.08 bits per heavy atom. The first kappa shape index (κ1) is 16.5. The number of aryl methyl sites for hydroxylation is 1. The van der Waals surface area contributed by atoms with Crippen LogP contribution in [0.4, 0.5) is 5.69 Å². The van der Waals surface area contributed by atoms with E-state index in [4.69, 9.17) is 4.74 Å². The minimum atomic E-state index is -0.231. The lowest BCUT2D eigenvalue weighted by molar-refractivity contribution is -0.123. The van der Waals surface area contributed by atoms with Crippen molar-refractivity contribution >= 4 is 11.6 Å². The summed E-state index contributed by atoms with van der Waals surface area (Å²) < 4.78 is 5.26. The van der Waals surface area contributed by atoms with Gasteiger partial charge in [0.2, 0.25) is 5.91 Å². The summed E-state index contributed by atoms with van der Waals surface area (Å²) in [4.78, 5) is 15.2.